The molecule has 3 aromatic rings. The van der Waals surface area contributed by atoms with Crippen molar-refractivity contribution in [1.82, 2.24) is 14.9 Å². The molecule has 17 heavy (non-hydrogen) atoms. The van der Waals surface area contributed by atoms with Crippen LogP contribution < -0.4 is 11.6 Å². The highest BCUT2D eigenvalue weighted by Gasteiger charge is 2.11. The van der Waals surface area contributed by atoms with E-state index in [9.17, 15) is 0 Å². The lowest BCUT2D eigenvalue weighted by atomic mass is 10.0. The van der Waals surface area contributed by atoms with Gasteiger partial charge in [0.15, 0.2) is 5.82 Å². The summed E-state index contributed by atoms with van der Waals surface area (Å²) in [5.74, 6) is 6.56. The van der Waals surface area contributed by atoms with E-state index in [1.54, 1.807) is 0 Å². The summed E-state index contributed by atoms with van der Waals surface area (Å²) < 4.78 is 1.29. The van der Waals surface area contributed by atoms with E-state index in [1.807, 2.05) is 42.5 Å². The third-order valence-electron chi connectivity index (χ3n) is 2.75. The van der Waals surface area contributed by atoms with Crippen LogP contribution in [0.3, 0.4) is 0 Å². The normalized spacial score (nSPS) is 10.8. The van der Waals surface area contributed by atoms with Gasteiger partial charge < -0.3 is 11.6 Å². The minimum atomic E-state index is 0.202. The first-order chi connectivity index (χ1) is 8.27. The zero-order valence-electron chi connectivity index (χ0n) is 9.04. The van der Waals surface area contributed by atoms with Crippen molar-refractivity contribution in [3.8, 4) is 11.4 Å². The third kappa shape index (κ3) is 1.40. The molecular formula is C12H11N5. The lowest BCUT2D eigenvalue weighted by Gasteiger charge is -2.05. The number of nitrogen functional groups attached to an aromatic ring is 2. The highest BCUT2D eigenvalue weighted by Crippen LogP contribution is 2.26. The van der Waals surface area contributed by atoms with E-state index >= 15 is 0 Å². The van der Waals surface area contributed by atoms with Crippen LogP contribution in [0.5, 0.6) is 0 Å². The van der Waals surface area contributed by atoms with Crippen molar-refractivity contribution >= 4 is 16.7 Å². The van der Waals surface area contributed by atoms with E-state index in [0.717, 1.165) is 16.3 Å². The molecule has 0 saturated carbocycles. The molecule has 0 unspecified atom stereocenters. The molecule has 1 heterocycles. The minimum Gasteiger partial charge on any atom is -0.366 e. The largest absolute Gasteiger partial charge is 0.366 e. The van der Waals surface area contributed by atoms with Crippen LogP contribution in [-0.4, -0.2) is 14.9 Å². The number of anilines is 1. The van der Waals surface area contributed by atoms with Crippen LogP contribution in [0.15, 0.2) is 42.5 Å². The standard InChI is InChI=1S/C12H11N5/c13-12-16-15-11(17(12)14)10-7-3-5-8-4-1-2-6-9(8)10/h1-7H,14H2,(H2,13,16). The third-order valence-corrected chi connectivity index (χ3v) is 2.75. The Kier molecular flexibility index (Phi) is 1.98. The van der Waals surface area contributed by atoms with Crippen LogP contribution in [0, 0.1) is 0 Å². The molecule has 0 amide bonds. The molecule has 0 radical (unpaired) electrons. The first kappa shape index (κ1) is 9.65. The molecule has 0 saturated heterocycles. The number of hydrogen-bond acceptors (Lipinski definition) is 4. The number of nitrogens with two attached hydrogens (primary N) is 2. The molecule has 5 heteroatoms. The lowest BCUT2D eigenvalue weighted by molar-refractivity contribution is 1.02. The first-order valence-corrected chi connectivity index (χ1v) is 5.21. The Morgan fingerprint density at radius 1 is 0.941 bits per heavy atom. The van der Waals surface area contributed by atoms with Gasteiger partial charge in [-0.1, -0.05) is 42.5 Å². The van der Waals surface area contributed by atoms with Gasteiger partial charge in [-0.2, -0.15) is 0 Å². The molecular weight excluding hydrogens is 214 g/mol. The number of fused-ring (bicyclic) bond motifs is 1. The second-order valence-electron chi connectivity index (χ2n) is 3.78. The van der Waals surface area contributed by atoms with Crippen LogP contribution >= 0.6 is 0 Å². The molecule has 5 nitrogen and oxygen atoms in total. The van der Waals surface area contributed by atoms with Gasteiger partial charge in [-0.25, -0.2) is 4.68 Å². The predicted octanol–water partition coefficient (Wildman–Crippen LogP) is 1.39. The molecule has 4 N–H and O–H groups in total. The Morgan fingerprint density at radius 3 is 2.47 bits per heavy atom. The Labute approximate surface area is 97.6 Å². The zero-order valence-corrected chi connectivity index (χ0v) is 9.04. The van der Waals surface area contributed by atoms with E-state index in [4.69, 9.17) is 11.6 Å². The summed E-state index contributed by atoms with van der Waals surface area (Å²) in [5.41, 5.74) is 6.51. The maximum Gasteiger partial charge on any atom is 0.241 e. The second kappa shape index (κ2) is 3.48. The Balaban J connectivity index is 2.34. The fourth-order valence-electron chi connectivity index (χ4n) is 1.91. The van der Waals surface area contributed by atoms with Gasteiger partial charge in [0.1, 0.15) is 0 Å². The number of aromatic nitrogens is 3. The molecule has 0 fully saturated rings. The molecule has 0 aliphatic heterocycles. The summed E-state index contributed by atoms with van der Waals surface area (Å²) in [5, 5.41) is 9.97. The van der Waals surface area contributed by atoms with Gasteiger partial charge in [0.05, 0.1) is 0 Å². The maximum absolute atomic E-state index is 5.79. The predicted molar refractivity (Wildman–Crippen MR) is 67.5 cm³/mol. The molecule has 2 aromatic carbocycles. The van der Waals surface area contributed by atoms with Crippen LogP contribution in [0.2, 0.25) is 0 Å². The molecule has 84 valence electrons. The minimum absolute atomic E-state index is 0.202. The summed E-state index contributed by atoms with van der Waals surface area (Å²) in [6.45, 7) is 0. The van der Waals surface area contributed by atoms with Gasteiger partial charge in [-0.3, -0.25) is 0 Å². The summed E-state index contributed by atoms with van der Waals surface area (Å²) >= 11 is 0. The highest BCUT2D eigenvalue weighted by molar-refractivity contribution is 5.95. The molecule has 0 bridgehead atoms. The zero-order chi connectivity index (χ0) is 11.8. The number of benzene rings is 2. The Hall–Kier alpha value is -2.56. The van der Waals surface area contributed by atoms with Gasteiger partial charge in [0, 0.05) is 5.56 Å². The topological polar surface area (TPSA) is 82.8 Å². The summed E-state index contributed by atoms with van der Waals surface area (Å²) in [6, 6.07) is 14.0. The van der Waals surface area contributed by atoms with Crippen LogP contribution in [0.25, 0.3) is 22.2 Å². The average Bonchev–Trinajstić information content (AvgIpc) is 2.69. The molecule has 0 spiro atoms. The number of rotatable bonds is 1. The van der Waals surface area contributed by atoms with Gasteiger partial charge in [0.2, 0.25) is 5.95 Å². The fourth-order valence-corrected chi connectivity index (χ4v) is 1.91. The van der Waals surface area contributed by atoms with Crippen LogP contribution in [0.4, 0.5) is 5.95 Å². The molecule has 0 atom stereocenters. The second-order valence-corrected chi connectivity index (χ2v) is 3.78. The summed E-state index contributed by atoms with van der Waals surface area (Å²) in [4.78, 5) is 0. The van der Waals surface area contributed by atoms with Crippen molar-refractivity contribution in [3.05, 3.63) is 42.5 Å². The molecule has 1 aromatic heterocycles. The van der Waals surface area contributed by atoms with Crippen molar-refractivity contribution in [1.29, 1.82) is 0 Å². The number of hydrogen-bond donors (Lipinski definition) is 2. The van der Waals surface area contributed by atoms with Gasteiger partial charge in [-0.15, -0.1) is 10.2 Å². The quantitative estimate of drug-likeness (QED) is 0.613. The van der Waals surface area contributed by atoms with E-state index in [2.05, 4.69) is 10.2 Å². The maximum atomic E-state index is 5.79. The van der Waals surface area contributed by atoms with Gasteiger partial charge >= 0.3 is 0 Å². The van der Waals surface area contributed by atoms with Crippen molar-refractivity contribution in [2.75, 3.05) is 11.6 Å². The summed E-state index contributed by atoms with van der Waals surface area (Å²) in [7, 11) is 0. The summed E-state index contributed by atoms with van der Waals surface area (Å²) in [6.07, 6.45) is 0. The van der Waals surface area contributed by atoms with Crippen LogP contribution in [0.1, 0.15) is 0 Å². The van der Waals surface area contributed by atoms with Crippen molar-refractivity contribution in [3.63, 3.8) is 0 Å². The Morgan fingerprint density at radius 2 is 1.71 bits per heavy atom. The van der Waals surface area contributed by atoms with E-state index in [1.165, 1.54) is 4.68 Å². The van der Waals surface area contributed by atoms with Gasteiger partial charge in [0.25, 0.3) is 0 Å². The molecule has 0 aliphatic carbocycles. The van der Waals surface area contributed by atoms with Crippen molar-refractivity contribution in [2.24, 2.45) is 0 Å². The van der Waals surface area contributed by atoms with Crippen molar-refractivity contribution in [2.45, 2.75) is 0 Å². The van der Waals surface area contributed by atoms with E-state index in [0.29, 0.717) is 5.82 Å². The average molecular weight is 225 g/mol. The van der Waals surface area contributed by atoms with Gasteiger partial charge in [-0.05, 0) is 10.8 Å². The smallest absolute Gasteiger partial charge is 0.241 e. The SMILES string of the molecule is Nc1nnc(-c2cccc3ccccc23)n1N. The molecule has 0 aliphatic rings. The molecule has 3 rings (SSSR count). The lowest BCUT2D eigenvalue weighted by Crippen LogP contribution is -2.13. The van der Waals surface area contributed by atoms with E-state index < -0.39 is 0 Å². The van der Waals surface area contributed by atoms with E-state index in [-0.39, 0.29) is 5.95 Å². The van der Waals surface area contributed by atoms with Crippen LogP contribution in [-0.2, 0) is 0 Å². The number of nitrogens with zero attached hydrogens (tertiary/aromatic N) is 3. The van der Waals surface area contributed by atoms with Crippen molar-refractivity contribution < 1.29 is 0 Å². The highest BCUT2D eigenvalue weighted by atomic mass is 15.4. The Bertz CT molecular complexity index is 681. The fraction of sp³-hybridized carbons (Fsp3) is 0. The first-order valence-electron chi connectivity index (χ1n) is 5.21. The monoisotopic (exact) mass is 225 g/mol.